The first-order valence-electron chi connectivity index (χ1n) is 6.11. The molecular formula is C16H12O3S. The first kappa shape index (κ1) is 12.8. The summed E-state index contributed by atoms with van der Waals surface area (Å²) in [5.74, 6) is 0.410. The third-order valence-corrected chi connectivity index (χ3v) is 3.58. The highest BCUT2D eigenvalue weighted by molar-refractivity contribution is 7.87. The fourth-order valence-corrected chi connectivity index (χ4v) is 2.52. The Morgan fingerprint density at radius 2 is 1.95 bits per heavy atom. The van der Waals surface area contributed by atoms with Crippen molar-refractivity contribution in [3.8, 4) is 0 Å². The van der Waals surface area contributed by atoms with Crippen molar-refractivity contribution >= 4 is 38.6 Å². The van der Waals surface area contributed by atoms with Gasteiger partial charge in [0.25, 0.3) is 0 Å². The van der Waals surface area contributed by atoms with Crippen molar-refractivity contribution in [1.29, 1.82) is 0 Å². The van der Waals surface area contributed by atoms with Gasteiger partial charge in [-0.2, -0.15) is 0 Å². The van der Waals surface area contributed by atoms with Crippen LogP contribution in [0.3, 0.4) is 0 Å². The molecule has 0 saturated carbocycles. The van der Waals surface area contributed by atoms with Crippen molar-refractivity contribution in [3.63, 3.8) is 0 Å². The number of hydrogen-bond donors (Lipinski definition) is 0. The summed E-state index contributed by atoms with van der Waals surface area (Å²) in [6, 6.07) is 12.8. The van der Waals surface area contributed by atoms with Gasteiger partial charge in [-0.05, 0) is 22.9 Å². The first-order valence-corrected chi connectivity index (χ1v) is 7.73. The maximum Gasteiger partial charge on any atom is 0.193 e. The minimum atomic E-state index is -1.07. The Labute approximate surface area is 118 Å². The minimum Gasteiger partial charge on any atom is -0.456 e. The molecule has 0 saturated heterocycles. The van der Waals surface area contributed by atoms with Crippen LogP contribution in [0.15, 0.2) is 57.1 Å². The summed E-state index contributed by atoms with van der Waals surface area (Å²) in [5, 5.41) is 3.96. The lowest BCUT2D eigenvalue weighted by molar-refractivity contribution is 0.591. The number of rotatable bonds is 2. The number of benzene rings is 2. The van der Waals surface area contributed by atoms with Gasteiger partial charge >= 0.3 is 0 Å². The molecule has 0 amide bonds. The van der Waals surface area contributed by atoms with Gasteiger partial charge in [0, 0.05) is 28.5 Å². The van der Waals surface area contributed by atoms with Gasteiger partial charge in [-0.15, -0.1) is 0 Å². The van der Waals surface area contributed by atoms with Crippen LogP contribution in [0.5, 0.6) is 0 Å². The van der Waals surface area contributed by atoms with E-state index in [0.29, 0.717) is 16.7 Å². The Kier molecular flexibility index (Phi) is 3.24. The molecule has 0 radical (unpaired) electrons. The Balaban J connectivity index is 2.31. The lowest BCUT2D eigenvalue weighted by Gasteiger charge is -2.03. The molecule has 0 N–H and O–H groups in total. The molecule has 100 valence electrons. The van der Waals surface area contributed by atoms with E-state index in [1.807, 2.05) is 30.3 Å². The Morgan fingerprint density at radius 1 is 1.15 bits per heavy atom. The molecule has 3 rings (SSSR count). The molecule has 1 unspecified atom stereocenters. The van der Waals surface area contributed by atoms with Crippen molar-refractivity contribution < 1.29 is 8.63 Å². The van der Waals surface area contributed by atoms with E-state index in [0.717, 1.165) is 10.8 Å². The second-order valence-electron chi connectivity index (χ2n) is 4.47. The summed E-state index contributed by atoms with van der Waals surface area (Å²) in [6.45, 7) is 0. The molecular weight excluding hydrogens is 272 g/mol. The standard InChI is InChI=1S/C16H12O3S/c1-20(18)9-8-12-10-14(17)16-13-5-3-2-4-11(13)6-7-15(16)19-12/h2-10H,1H3/b9-8+. The highest BCUT2D eigenvalue weighted by atomic mass is 32.2. The zero-order valence-corrected chi connectivity index (χ0v) is 11.6. The summed E-state index contributed by atoms with van der Waals surface area (Å²) >= 11 is 0. The van der Waals surface area contributed by atoms with Gasteiger partial charge in [-0.3, -0.25) is 9.00 Å². The van der Waals surface area contributed by atoms with E-state index in [4.69, 9.17) is 4.42 Å². The summed E-state index contributed by atoms with van der Waals surface area (Å²) in [7, 11) is -1.07. The summed E-state index contributed by atoms with van der Waals surface area (Å²) in [4.78, 5) is 12.3. The monoisotopic (exact) mass is 284 g/mol. The van der Waals surface area contributed by atoms with Crippen LogP contribution in [-0.4, -0.2) is 10.5 Å². The first-order chi connectivity index (χ1) is 9.65. The normalized spacial score (nSPS) is 13.2. The third kappa shape index (κ3) is 2.30. The van der Waals surface area contributed by atoms with Crippen molar-refractivity contribution in [1.82, 2.24) is 0 Å². The molecule has 0 bridgehead atoms. The van der Waals surface area contributed by atoms with Gasteiger partial charge in [0.15, 0.2) is 5.43 Å². The molecule has 1 heterocycles. The average Bonchev–Trinajstić information content (AvgIpc) is 2.44. The summed E-state index contributed by atoms with van der Waals surface area (Å²) in [6.07, 6.45) is 3.12. The highest BCUT2D eigenvalue weighted by Crippen LogP contribution is 2.23. The molecule has 3 nitrogen and oxygen atoms in total. The van der Waals surface area contributed by atoms with Gasteiger partial charge in [0.05, 0.1) is 5.39 Å². The third-order valence-electron chi connectivity index (χ3n) is 3.06. The van der Waals surface area contributed by atoms with E-state index in [1.165, 1.54) is 11.5 Å². The Hall–Kier alpha value is -2.20. The highest BCUT2D eigenvalue weighted by Gasteiger charge is 2.07. The topological polar surface area (TPSA) is 47.3 Å². The molecule has 4 heteroatoms. The molecule has 0 aliphatic rings. The van der Waals surface area contributed by atoms with Gasteiger partial charge in [0.1, 0.15) is 11.3 Å². The molecule has 1 atom stereocenters. The molecule has 0 spiro atoms. The van der Waals surface area contributed by atoms with E-state index in [-0.39, 0.29) is 5.43 Å². The molecule has 2 aromatic carbocycles. The molecule has 0 aliphatic heterocycles. The van der Waals surface area contributed by atoms with Crippen LogP contribution in [0.1, 0.15) is 5.76 Å². The zero-order valence-electron chi connectivity index (χ0n) is 10.8. The van der Waals surface area contributed by atoms with Crippen molar-refractivity contribution in [2.75, 3.05) is 6.26 Å². The van der Waals surface area contributed by atoms with Crippen LogP contribution in [-0.2, 0) is 10.8 Å². The maximum absolute atomic E-state index is 12.3. The van der Waals surface area contributed by atoms with Crippen LogP contribution < -0.4 is 5.43 Å². The average molecular weight is 284 g/mol. The maximum atomic E-state index is 12.3. The Morgan fingerprint density at radius 3 is 2.75 bits per heavy atom. The quantitative estimate of drug-likeness (QED) is 0.678. The SMILES string of the molecule is CS(=O)/C=C/c1cc(=O)c2c(ccc3ccccc32)o1. The molecule has 1 aromatic heterocycles. The van der Waals surface area contributed by atoms with Gasteiger partial charge in [-0.1, -0.05) is 30.3 Å². The van der Waals surface area contributed by atoms with Gasteiger partial charge < -0.3 is 4.42 Å². The second-order valence-corrected chi connectivity index (χ2v) is 5.74. The number of fused-ring (bicyclic) bond motifs is 3. The van der Waals surface area contributed by atoms with Crippen LogP contribution >= 0.6 is 0 Å². The lowest BCUT2D eigenvalue weighted by Crippen LogP contribution is -2.01. The molecule has 0 fully saturated rings. The fraction of sp³-hybridized carbons (Fsp3) is 0.0625. The fourth-order valence-electron chi connectivity index (χ4n) is 2.19. The largest absolute Gasteiger partial charge is 0.456 e. The van der Waals surface area contributed by atoms with E-state index in [2.05, 4.69) is 0 Å². The lowest BCUT2D eigenvalue weighted by atomic mass is 10.1. The van der Waals surface area contributed by atoms with Crippen LogP contribution in [0.4, 0.5) is 0 Å². The smallest absolute Gasteiger partial charge is 0.193 e. The number of hydrogen-bond acceptors (Lipinski definition) is 3. The zero-order chi connectivity index (χ0) is 14.1. The van der Waals surface area contributed by atoms with Crippen molar-refractivity contribution in [3.05, 3.63) is 63.9 Å². The second kappa shape index (κ2) is 5.06. The van der Waals surface area contributed by atoms with E-state index in [1.54, 1.807) is 18.4 Å². The van der Waals surface area contributed by atoms with Crippen LogP contribution in [0.25, 0.3) is 27.8 Å². The van der Waals surface area contributed by atoms with E-state index < -0.39 is 10.8 Å². The molecule has 0 aliphatic carbocycles. The van der Waals surface area contributed by atoms with Gasteiger partial charge in [-0.25, -0.2) is 0 Å². The molecule has 20 heavy (non-hydrogen) atoms. The predicted octanol–water partition coefficient (Wildman–Crippen LogP) is 3.30. The minimum absolute atomic E-state index is 0.0930. The van der Waals surface area contributed by atoms with E-state index >= 15 is 0 Å². The van der Waals surface area contributed by atoms with E-state index in [9.17, 15) is 9.00 Å². The molecule has 3 aromatic rings. The van der Waals surface area contributed by atoms with Crippen molar-refractivity contribution in [2.45, 2.75) is 0 Å². The van der Waals surface area contributed by atoms with Crippen molar-refractivity contribution in [2.24, 2.45) is 0 Å². The van der Waals surface area contributed by atoms with Crippen LogP contribution in [0, 0.1) is 0 Å². The summed E-state index contributed by atoms with van der Waals surface area (Å²) < 4.78 is 16.7. The predicted molar refractivity (Wildman–Crippen MR) is 83.1 cm³/mol. The van der Waals surface area contributed by atoms with Crippen LogP contribution in [0.2, 0.25) is 0 Å². The summed E-state index contributed by atoms with van der Waals surface area (Å²) in [5.41, 5.74) is 0.447. The Bertz CT molecular complexity index is 906. The van der Waals surface area contributed by atoms with Gasteiger partial charge in [0.2, 0.25) is 0 Å².